The maximum absolute atomic E-state index is 14.6. The fourth-order valence-corrected chi connectivity index (χ4v) is 9.44. The van der Waals surface area contributed by atoms with E-state index in [0.29, 0.717) is 38.3 Å². The molecule has 0 radical (unpaired) electrons. The number of hydrogen-bond donors (Lipinski definition) is 1. The summed E-state index contributed by atoms with van der Waals surface area (Å²) in [5, 5.41) is 10.8. The van der Waals surface area contributed by atoms with Gasteiger partial charge in [-0.05, 0) is 99.5 Å². The van der Waals surface area contributed by atoms with Crippen LogP contribution < -0.4 is 14.5 Å². The van der Waals surface area contributed by atoms with Crippen LogP contribution >= 0.6 is 31.9 Å². The number of amides is 4. The number of ether oxygens (including phenoxy) is 1. The number of anilines is 2. The molecule has 2 aliphatic heterocycles. The van der Waals surface area contributed by atoms with Crippen LogP contribution in [-0.2, 0) is 31.5 Å². The zero-order valence-electron chi connectivity index (χ0n) is 27.0. The van der Waals surface area contributed by atoms with Crippen LogP contribution in [0.5, 0.6) is 11.5 Å². The molecule has 2 aliphatic carbocycles. The van der Waals surface area contributed by atoms with Gasteiger partial charge < -0.3 is 9.84 Å². The average Bonchev–Trinajstić information content (AvgIpc) is 3.46. The molecule has 0 aromatic heterocycles. The first-order valence-electron chi connectivity index (χ1n) is 15.9. The Hall–Kier alpha value is -4.18. The van der Waals surface area contributed by atoms with E-state index in [9.17, 15) is 50.6 Å². The molecule has 3 fully saturated rings. The molecule has 52 heavy (non-hydrogen) atoms. The maximum Gasteiger partial charge on any atom is 0.416 e. The Kier molecular flexibility index (Phi) is 8.48. The lowest BCUT2D eigenvalue weighted by molar-refractivity contribution is -0.143. The van der Waals surface area contributed by atoms with E-state index in [4.69, 9.17) is 4.74 Å². The van der Waals surface area contributed by atoms with E-state index in [0.717, 1.165) is 4.90 Å². The topological polar surface area (TPSA) is 104 Å². The number of phenolic OH excluding ortho intramolecular Hbond substituents is 1. The molecule has 272 valence electrons. The Morgan fingerprint density at radius 1 is 0.808 bits per heavy atom. The molecule has 3 aromatic carbocycles. The van der Waals surface area contributed by atoms with Crippen molar-refractivity contribution >= 4 is 66.9 Å². The molecule has 2 heterocycles. The lowest BCUT2D eigenvalue weighted by Gasteiger charge is -2.49. The minimum absolute atomic E-state index is 0.0154. The Bertz CT molecular complexity index is 2070. The smallest absolute Gasteiger partial charge is 0.416 e. The number of fused-ring (bicyclic) bond motifs is 4. The quantitative estimate of drug-likeness (QED) is 0.161. The molecule has 16 heteroatoms. The van der Waals surface area contributed by atoms with E-state index >= 15 is 0 Å². The third-order valence-electron chi connectivity index (χ3n) is 10.8. The van der Waals surface area contributed by atoms with Crippen LogP contribution in [0.25, 0.3) is 0 Å². The van der Waals surface area contributed by atoms with Gasteiger partial charge in [-0.2, -0.15) is 26.3 Å². The van der Waals surface area contributed by atoms with E-state index in [1.807, 2.05) is 0 Å². The van der Waals surface area contributed by atoms with Gasteiger partial charge in [0.1, 0.15) is 0 Å². The number of aromatic hydroxyl groups is 1. The summed E-state index contributed by atoms with van der Waals surface area (Å²) >= 11 is 6.87. The van der Waals surface area contributed by atoms with Gasteiger partial charge in [-0.1, -0.05) is 29.8 Å². The highest BCUT2D eigenvalue weighted by atomic mass is 79.9. The van der Waals surface area contributed by atoms with Crippen molar-refractivity contribution in [2.45, 2.75) is 38.0 Å². The molecule has 2 saturated heterocycles. The number of methoxy groups -OCH3 is 1. The number of rotatable bonds is 4. The number of halogens is 8. The summed E-state index contributed by atoms with van der Waals surface area (Å²) in [5.41, 5.74) is -4.57. The highest BCUT2D eigenvalue weighted by Gasteiger charge is 2.68. The molecule has 1 saturated carbocycles. The van der Waals surface area contributed by atoms with Crippen molar-refractivity contribution in [3.8, 4) is 11.5 Å². The maximum atomic E-state index is 14.6. The summed E-state index contributed by atoms with van der Waals surface area (Å²) in [5.74, 6) is -8.81. The SMILES string of the molecule is COc1cc(C2C3=CCC4C(=O)N(c5cc(C(F)(F)F)cc(C(F)(F)F)c5)C(=O)C4C3CC3C(=O)N(c4ccccc4)C(=O)C32C)c(Br)c(Br)c1O. The van der Waals surface area contributed by atoms with E-state index in [1.54, 1.807) is 43.3 Å². The van der Waals surface area contributed by atoms with Gasteiger partial charge in [-0.3, -0.25) is 19.2 Å². The van der Waals surface area contributed by atoms with Gasteiger partial charge in [0.15, 0.2) is 11.5 Å². The van der Waals surface area contributed by atoms with Gasteiger partial charge in [-0.25, -0.2) is 9.80 Å². The van der Waals surface area contributed by atoms with E-state index in [1.165, 1.54) is 13.2 Å². The molecule has 4 aliphatic rings. The third kappa shape index (κ3) is 5.22. The third-order valence-corrected chi connectivity index (χ3v) is 13.0. The Morgan fingerprint density at radius 3 is 2.00 bits per heavy atom. The monoisotopic (exact) mass is 854 g/mol. The highest BCUT2D eigenvalue weighted by Crippen LogP contribution is 2.65. The summed E-state index contributed by atoms with van der Waals surface area (Å²) in [7, 11) is 1.31. The standard InChI is InChI=1S/C36H26Br2F6N2O6/c1-34-23(31(49)46(33(34)51)17-6-4-3-5-7-17)13-21-19(26(34)22-14-24(52-2)29(47)28(38)27(22)37)8-9-20-25(21)32(50)45(30(20)48)18-11-15(35(39,40)41)10-16(12-18)36(42,43)44/h3-8,10-12,14,20-21,23,25-26,47H,9,13H2,1-2H3. The normalized spacial score (nSPS) is 27.4. The summed E-state index contributed by atoms with van der Waals surface area (Å²) in [4.78, 5) is 58.6. The van der Waals surface area contributed by atoms with Gasteiger partial charge in [-0.15, -0.1) is 0 Å². The van der Waals surface area contributed by atoms with Crippen LogP contribution in [0, 0.1) is 29.1 Å². The average molecular weight is 856 g/mol. The Balaban J connectivity index is 1.40. The highest BCUT2D eigenvalue weighted by molar-refractivity contribution is 9.13. The van der Waals surface area contributed by atoms with Gasteiger partial charge in [0.2, 0.25) is 23.6 Å². The predicted octanol–water partition coefficient (Wildman–Crippen LogP) is 8.40. The van der Waals surface area contributed by atoms with Crippen LogP contribution in [-0.4, -0.2) is 35.8 Å². The summed E-state index contributed by atoms with van der Waals surface area (Å²) in [6.07, 6.45) is -9.03. The van der Waals surface area contributed by atoms with Crippen molar-refractivity contribution in [1.82, 2.24) is 0 Å². The number of para-hydroxylation sites is 1. The molecule has 0 bridgehead atoms. The van der Waals surface area contributed by atoms with Crippen molar-refractivity contribution in [2.24, 2.45) is 29.1 Å². The second kappa shape index (κ2) is 12.2. The van der Waals surface area contributed by atoms with Crippen LogP contribution in [0.4, 0.5) is 37.7 Å². The minimum atomic E-state index is -5.23. The Labute approximate surface area is 308 Å². The fraction of sp³-hybridized carbons (Fsp3) is 0.333. The molecular weight excluding hydrogens is 830 g/mol. The van der Waals surface area contributed by atoms with Gasteiger partial charge in [0.05, 0.1) is 57.3 Å². The molecule has 3 aromatic rings. The summed E-state index contributed by atoms with van der Waals surface area (Å²) in [6.45, 7) is 1.63. The van der Waals surface area contributed by atoms with E-state index in [2.05, 4.69) is 31.9 Å². The lowest BCUT2D eigenvalue weighted by atomic mass is 9.51. The van der Waals surface area contributed by atoms with Crippen molar-refractivity contribution in [1.29, 1.82) is 0 Å². The zero-order chi connectivity index (χ0) is 37.8. The summed E-state index contributed by atoms with van der Waals surface area (Å²) < 4.78 is 88.7. The molecule has 7 rings (SSSR count). The molecule has 6 atom stereocenters. The van der Waals surface area contributed by atoms with Gasteiger partial charge >= 0.3 is 12.4 Å². The van der Waals surface area contributed by atoms with Crippen molar-refractivity contribution in [3.05, 3.63) is 91.9 Å². The van der Waals surface area contributed by atoms with Gasteiger partial charge in [0, 0.05) is 10.4 Å². The first kappa shape index (κ1) is 36.2. The summed E-state index contributed by atoms with van der Waals surface area (Å²) in [6, 6.07) is 10.3. The molecule has 6 unspecified atom stereocenters. The van der Waals surface area contributed by atoms with Crippen LogP contribution in [0.2, 0.25) is 0 Å². The Morgan fingerprint density at radius 2 is 1.42 bits per heavy atom. The second-order valence-electron chi connectivity index (χ2n) is 13.4. The number of phenols is 1. The largest absolute Gasteiger partial charge is 0.503 e. The van der Waals surface area contributed by atoms with Crippen molar-refractivity contribution in [3.63, 3.8) is 0 Å². The number of hydrogen-bond acceptors (Lipinski definition) is 6. The molecule has 1 N–H and O–H groups in total. The van der Waals surface area contributed by atoms with Gasteiger partial charge in [0.25, 0.3) is 0 Å². The number of carbonyl (C=O) groups is 4. The predicted molar refractivity (Wildman–Crippen MR) is 180 cm³/mol. The van der Waals surface area contributed by atoms with Crippen LogP contribution in [0.15, 0.2) is 75.2 Å². The minimum Gasteiger partial charge on any atom is -0.503 e. The molecule has 8 nitrogen and oxygen atoms in total. The van der Waals surface area contributed by atoms with E-state index in [-0.39, 0.29) is 34.9 Å². The fourth-order valence-electron chi connectivity index (χ4n) is 8.48. The number of nitrogens with zero attached hydrogens (tertiary/aromatic N) is 2. The van der Waals surface area contributed by atoms with Crippen molar-refractivity contribution in [2.75, 3.05) is 16.9 Å². The first-order chi connectivity index (χ1) is 24.3. The van der Waals surface area contributed by atoms with Crippen LogP contribution in [0.1, 0.15) is 42.4 Å². The number of benzene rings is 3. The van der Waals surface area contributed by atoms with Crippen molar-refractivity contribution < 1.29 is 55.4 Å². The second-order valence-corrected chi connectivity index (χ2v) is 15.0. The number of imide groups is 2. The molecule has 0 spiro atoms. The number of alkyl halides is 6. The first-order valence-corrected chi connectivity index (χ1v) is 17.5. The zero-order valence-corrected chi connectivity index (χ0v) is 30.2. The van der Waals surface area contributed by atoms with E-state index < -0.39 is 87.8 Å². The lowest BCUT2D eigenvalue weighted by Crippen LogP contribution is -2.49. The number of carbonyl (C=O) groups excluding carboxylic acids is 4. The molecular formula is C36H26Br2F6N2O6. The van der Waals surface area contributed by atoms with Crippen LogP contribution in [0.3, 0.4) is 0 Å². The molecule has 4 amide bonds. The number of allylic oxidation sites excluding steroid dienone is 2.